The molecule has 3 rings (SSSR count). The number of carbonyl (C=O) groups excluding carboxylic acids is 2. The normalized spacial score (nSPS) is 15.6. The molecule has 1 N–H and O–H groups in total. The van der Waals surface area contributed by atoms with Crippen LogP contribution in [0.15, 0.2) is 54.6 Å². The molecule has 0 aromatic heterocycles. The second-order valence-corrected chi connectivity index (χ2v) is 8.11. The highest BCUT2D eigenvalue weighted by Crippen LogP contribution is 2.15. The van der Waals surface area contributed by atoms with Crippen LogP contribution in [0.5, 0.6) is 5.75 Å². The Balaban J connectivity index is 1.45. The molecule has 172 valence electrons. The zero-order chi connectivity index (χ0) is 22.8. The number of carbonyl (C=O) groups is 2. The maximum atomic E-state index is 12.5. The summed E-state index contributed by atoms with van der Waals surface area (Å²) < 4.78 is 10.6. The minimum atomic E-state index is -0.315. The lowest BCUT2D eigenvalue weighted by atomic mass is 10.1. The fraction of sp³-hybridized carbons (Fsp3) is 0.440. The Morgan fingerprint density at radius 3 is 2.41 bits per heavy atom. The summed E-state index contributed by atoms with van der Waals surface area (Å²) in [6.45, 7) is 5.76. The molecule has 0 bridgehead atoms. The predicted octanol–water partition coefficient (Wildman–Crippen LogP) is 3.09. The molecule has 1 saturated heterocycles. The molecule has 1 aliphatic rings. The number of likely N-dealkylation sites (N-methyl/N-ethyl adjacent to an activating group) is 1. The first kappa shape index (κ1) is 23.8. The Bertz CT molecular complexity index is 857. The number of hydrogen-bond acceptors (Lipinski definition) is 6. The molecule has 1 atom stereocenters. The first-order chi connectivity index (χ1) is 15.5. The van der Waals surface area contributed by atoms with Crippen LogP contribution in [0.1, 0.15) is 24.5 Å². The number of benzene rings is 2. The molecule has 0 radical (unpaired) electrons. The molecule has 0 spiro atoms. The van der Waals surface area contributed by atoms with Gasteiger partial charge in [-0.05, 0) is 49.7 Å². The van der Waals surface area contributed by atoms with Gasteiger partial charge in [0, 0.05) is 39.1 Å². The van der Waals surface area contributed by atoms with Gasteiger partial charge >= 0.3 is 12.1 Å². The second-order valence-electron chi connectivity index (χ2n) is 8.11. The molecule has 0 saturated carbocycles. The van der Waals surface area contributed by atoms with Crippen LogP contribution in [0.4, 0.5) is 4.79 Å². The average molecular weight is 440 g/mol. The summed E-state index contributed by atoms with van der Waals surface area (Å²) in [4.78, 5) is 27.8. The topological polar surface area (TPSA) is 71.1 Å². The highest BCUT2D eigenvalue weighted by Gasteiger charge is 2.22. The SMILES string of the molecule is CNC(Cc1ccc(OC(C)=O)cc1)CN1CCCN(C(=O)OCc2ccccc2)CC1. The Labute approximate surface area is 190 Å². The number of rotatable bonds is 8. The lowest BCUT2D eigenvalue weighted by Crippen LogP contribution is -2.42. The Hall–Kier alpha value is -2.90. The first-order valence-electron chi connectivity index (χ1n) is 11.2. The third kappa shape index (κ3) is 7.66. The number of nitrogens with zero attached hydrogens (tertiary/aromatic N) is 2. The van der Waals surface area contributed by atoms with Gasteiger partial charge in [-0.15, -0.1) is 0 Å². The number of hydrogen-bond donors (Lipinski definition) is 1. The molecule has 7 nitrogen and oxygen atoms in total. The standard InChI is InChI=1S/C25H33N3O4/c1-20(29)32-24-11-9-21(10-12-24)17-23(26-2)18-27-13-6-14-28(16-15-27)25(30)31-19-22-7-4-3-5-8-22/h3-5,7-12,23,26H,6,13-19H2,1-2H3. The minimum absolute atomic E-state index is 0.242. The van der Waals surface area contributed by atoms with Gasteiger partial charge in [-0.3, -0.25) is 9.69 Å². The van der Waals surface area contributed by atoms with Gasteiger partial charge in [0.25, 0.3) is 0 Å². The van der Waals surface area contributed by atoms with Gasteiger partial charge in [-0.1, -0.05) is 42.5 Å². The van der Waals surface area contributed by atoms with Crippen LogP contribution < -0.4 is 10.1 Å². The van der Waals surface area contributed by atoms with Crippen LogP contribution in [0.2, 0.25) is 0 Å². The Kier molecular flexibility index (Phi) is 9.07. The van der Waals surface area contributed by atoms with Crippen molar-refractivity contribution in [3.8, 4) is 5.75 Å². The van der Waals surface area contributed by atoms with E-state index in [-0.39, 0.29) is 18.1 Å². The van der Waals surface area contributed by atoms with Gasteiger partial charge in [0.2, 0.25) is 0 Å². The van der Waals surface area contributed by atoms with Crippen LogP contribution in [0.25, 0.3) is 0 Å². The third-order valence-corrected chi connectivity index (χ3v) is 5.61. The van der Waals surface area contributed by atoms with Crippen molar-refractivity contribution in [3.63, 3.8) is 0 Å². The number of esters is 1. The summed E-state index contributed by atoms with van der Waals surface area (Å²) in [5, 5.41) is 3.41. The van der Waals surface area contributed by atoms with E-state index in [2.05, 4.69) is 10.2 Å². The number of ether oxygens (including phenoxy) is 2. The Morgan fingerprint density at radius 1 is 0.969 bits per heavy atom. The van der Waals surface area contributed by atoms with Crippen LogP contribution in [0, 0.1) is 0 Å². The molecule has 1 amide bonds. The van der Waals surface area contributed by atoms with Crippen molar-refractivity contribution in [2.75, 3.05) is 39.8 Å². The summed E-state index contributed by atoms with van der Waals surface area (Å²) in [5.41, 5.74) is 2.18. The predicted molar refractivity (Wildman–Crippen MR) is 124 cm³/mol. The molecule has 1 fully saturated rings. The zero-order valence-corrected chi connectivity index (χ0v) is 19.0. The van der Waals surface area contributed by atoms with E-state index in [1.165, 1.54) is 12.5 Å². The van der Waals surface area contributed by atoms with Crippen LogP contribution in [0.3, 0.4) is 0 Å². The molecule has 0 aliphatic carbocycles. The molecule has 1 aliphatic heterocycles. The van der Waals surface area contributed by atoms with Gasteiger partial charge in [0.1, 0.15) is 12.4 Å². The van der Waals surface area contributed by atoms with Crippen LogP contribution >= 0.6 is 0 Å². The summed E-state index contributed by atoms with van der Waals surface area (Å²) in [6.07, 6.45) is 1.55. The molecular weight excluding hydrogens is 406 g/mol. The van der Waals surface area contributed by atoms with E-state index in [1.54, 1.807) is 0 Å². The third-order valence-electron chi connectivity index (χ3n) is 5.61. The molecule has 32 heavy (non-hydrogen) atoms. The van der Waals surface area contributed by atoms with E-state index >= 15 is 0 Å². The lowest BCUT2D eigenvalue weighted by molar-refractivity contribution is -0.131. The van der Waals surface area contributed by atoms with Crippen molar-refractivity contribution >= 4 is 12.1 Å². The summed E-state index contributed by atoms with van der Waals surface area (Å²) in [7, 11) is 1.98. The van der Waals surface area contributed by atoms with Crippen molar-refractivity contribution in [2.24, 2.45) is 0 Å². The minimum Gasteiger partial charge on any atom is -0.445 e. The second kappa shape index (κ2) is 12.2. The van der Waals surface area contributed by atoms with Gasteiger partial charge in [0.15, 0.2) is 0 Å². The van der Waals surface area contributed by atoms with E-state index < -0.39 is 0 Å². The molecule has 2 aromatic rings. The van der Waals surface area contributed by atoms with Crippen molar-refractivity contribution in [1.29, 1.82) is 0 Å². The van der Waals surface area contributed by atoms with Crippen molar-refractivity contribution in [3.05, 3.63) is 65.7 Å². The van der Waals surface area contributed by atoms with E-state index in [0.29, 0.717) is 25.4 Å². The zero-order valence-electron chi connectivity index (χ0n) is 19.0. The fourth-order valence-electron chi connectivity index (χ4n) is 3.86. The molecule has 2 aromatic carbocycles. The summed E-state index contributed by atoms with van der Waals surface area (Å²) >= 11 is 0. The summed E-state index contributed by atoms with van der Waals surface area (Å²) in [5.74, 6) is 0.249. The van der Waals surface area contributed by atoms with Crippen molar-refractivity contribution in [2.45, 2.75) is 32.4 Å². The van der Waals surface area contributed by atoms with Gasteiger partial charge in [-0.25, -0.2) is 4.79 Å². The molecular formula is C25H33N3O4. The molecule has 1 unspecified atom stereocenters. The maximum Gasteiger partial charge on any atom is 0.410 e. The average Bonchev–Trinajstić information content (AvgIpc) is 3.04. The fourth-order valence-corrected chi connectivity index (χ4v) is 3.86. The quantitative estimate of drug-likeness (QED) is 0.504. The van der Waals surface area contributed by atoms with Crippen molar-refractivity contribution in [1.82, 2.24) is 15.1 Å². The highest BCUT2D eigenvalue weighted by molar-refractivity contribution is 5.69. The van der Waals surface area contributed by atoms with E-state index in [9.17, 15) is 9.59 Å². The van der Waals surface area contributed by atoms with Gasteiger partial charge in [0.05, 0.1) is 0 Å². The van der Waals surface area contributed by atoms with E-state index in [4.69, 9.17) is 9.47 Å². The number of nitrogens with one attached hydrogen (secondary N) is 1. The molecule has 7 heteroatoms. The maximum absolute atomic E-state index is 12.5. The summed E-state index contributed by atoms with van der Waals surface area (Å²) in [6, 6.07) is 17.7. The largest absolute Gasteiger partial charge is 0.445 e. The smallest absolute Gasteiger partial charge is 0.410 e. The van der Waals surface area contributed by atoms with Crippen molar-refractivity contribution < 1.29 is 19.1 Å². The van der Waals surface area contributed by atoms with Crippen LogP contribution in [-0.4, -0.2) is 67.7 Å². The van der Waals surface area contributed by atoms with Crippen LogP contribution in [-0.2, 0) is 22.6 Å². The number of amides is 1. The van der Waals surface area contributed by atoms with Gasteiger partial charge < -0.3 is 19.7 Å². The first-order valence-corrected chi connectivity index (χ1v) is 11.2. The van der Waals surface area contributed by atoms with E-state index in [0.717, 1.165) is 38.0 Å². The Morgan fingerprint density at radius 2 is 1.72 bits per heavy atom. The highest BCUT2D eigenvalue weighted by atomic mass is 16.6. The molecule has 1 heterocycles. The van der Waals surface area contributed by atoms with E-state index in [1.807, 2.05) is 66.5 Å². The van der Waals surface area contributed by atoms with Gasteiger partial charge in [-0.2, -0.15) is 0 Å². The lowest BCUT2D eigenvalue weighted by Gasteiger charge is -2.26. The monoisotopic (exact) mass is 439 g/mol.